The van der Waals surface area contributed by atoms with Gasteiger partial charge in [0.05, 0.1) is 23.0 Å². The largest absolute Gasteiger partial charge is 0.463 e. The minimum Gasteiger partial charge on any atom is -0.463 e. The van der Waals surface area contributed by atoms with Crippen LogP contribution in [0.25, 0.3) is 22.6 Å². The first kappa shape index (κ1) is 31.3. The van der Waals surface area contributed by atoms with Crippen LogP contribution < -0.4 is 5.73 Å². The maximum absolute atomic E-state index is 16.2. The van der Waals surface area contributed by atoms with Crippen LogP contribution >= 0.6 is 11.6 Å². The Bertz CT molecular complexity index is 1790. The highest BCUT2D eigenvalue weighted by molar-refractivity contribution is 6.33. The van der Waals surface area contributed by atoms with Gasteiger partial charge in [-0.1, -0.05) is 50.6 Å². The number of nitrogens with zero attached hydrogens (tertiary/aromatic N) is 6. The smallest absolute Gasteiger partial charge is 0.306 e. The summed E-state index contributed by atoms with van der Waals surface area (Å²) in [6, 6.07) is 8.79. The summed E-state index contributed by atoms with van der Waals surface area (Å²) in [5.41, 5.74) is 6.58. The summed E-state index contributed by atoms with van der Waals surface area (Å²) in [5.74, 6) is -0.933. The second-order valence-corrected chi connectivity index (χ2v) is 13.4. The van der Waals surface area contributed by atoms with E-state index in [-0.39, 0.29) is 30.5 Å². The molecule has 2 aromatic carbocycles. The van der Waals surface area contributed by atoms with E-state index in [1.165, 1.54) is 35.9 Å². The molecule has 1 amide bonds. The third-order valence-electron chi connectivity index (χ3n) is 8.10. The highest BCUT2D eigenvalue weighted by Crippen LogP contribution is 2.46. The Hall–Kier alpha value is -4.71. The Morgan fingerprint density at radius 2 is 2.00 bits per heavy atom. The van der Waals surface area contributed by atoms with E-state index >= 15 is 4.39 Å². The fourth-order valence-electron chi connectivity index (χ4n) is 5.89. The highest BCUT2D eigenvalue weighted by Gasteiger charge is 2.54. The van der Waals surface area contributed by atoms with Gasteiger partial charge in [-0.15, -0.1) is 0 Å². The topological polar surface area (TPSA) is 152 Å². The van der Waals surface area contributed by atoms with Crippen molar-refractivity contribution in [2.75, 3.05) is 6.61 Å². The summed E-state index contributed by atoms with van der Waals surface area (Å²) in [6.07, 6.45) is 8.36. The number of amides is 1. The second-order valence-electron chi connectivity index (χ2n) is 12.9. The van der Waals surface area contributed by atoms with Gasteiger partial charge in [-0.2, -0.15) is 5.10 Å². The van der Waals surface area contributed by atoms with Crippen LogP contribution in [0.5, 0.6) is 0 Å². The van der Waals surface area contributed by atoms with Crippen molar-refractivity contribution >= 4 is 29.4 Å². The predicted octanol–water partition coefficient (Wildman–Crippen LogP) is 5.59. The second kappa shape index (κ2) is 12.2. The van der Waals surface area contributed by atoms with Crippen molar-refractivity contribution in [2.45, 2.75) is 58.0 Å². The van der Waals surface area contributed by atoms with Crippen LogP contribution in [0.2, 0.25) is 5.02 Å². The lowest BCUT2D eigenvalue weighted by molar-refractivity contribution is -0.148. The first-order valence-corrected chi connectivity index (χ1v) is 15.4. The number of nitrogens with one attached hydrogen (secondary N) is 1. The average Bonchev–Trinajstić information content (AvgIpc) is 3.58. The number of nitrogens with two attached hydrogens (primary N) is 1. The van der Waals surface area contributed by atoms with E-state index < -0.39 is 28.7 Å². The summed E-state index contributed by atoms with van der Waals surface area (Å²) in [4.78, 5) is 46.1. The predicted molar refractivity (Wildman–Crippen MR) is 170 cm³/mol. The van der Waals surface area contributed by atoms with Crippen LogP contribution in [-0.4, -0.2) is 54.5 Å². The third-order valence-corrected chi connectivity index (χ3v) is 8.43. The van der Waals surface area contributed by atoms with Crippen molar-refractivity contribution in [2.24, 2.45) is 22.1 Å². The summed E-state index contributed by atoms with van der Waals surface area (Å²) >= 11 is 6.52. The fourth-order valence-corrected chi connectivity index (χ4v) is 6.10. The molecule has 0 saturated heterocycles. The number of esters is 1. The van der Waals surface area contributed by atoms with Crippen LogP contribution in [0.3, 0.4) is 0 Å². The molecule has 238 valence electrons. The number of H-pyrrole nitrogens is 1. The molecule has 2 atom stereocenters. The van der Waals surface area contributed by atoms with Gasteiger partial charge < -0.3 is 10.5 Å². The van der Waals surface area contributed by atoms with Gasteiger partial charge in [0, 0.05) is 35.5 Å². The van der Waals surface area contributed by atoms with E-state index in [4.69, 9.17) is 27.1 Å². The Kier molecular flexibility index (Phi) is 8.32. The molecule has 1 aliphatic heterocycles. The van der Waals surface area contributed by atoms with Gasteiger partial charge in [-0.05, 0) is 54.4 Å². The van der Waals surface area contributed by atoms with E-state index in [0.717, 1.165) is 12.8 Å². The SMILES string of the molecule is CC(C)(C)C[C@]1(c2ccc(-c3cnccn3)cc2F)N=C(N)N([C@H](COC(=O)CC2CC2)c2ccc(Cl)c(-c3ncn[nH]3)c2)C1=O. The van der Waals surface area contributed by atoms with Gasteiger partial charge in [0.1, 0.15) is 18.8 Å². The van der Waals surface area contributed by atoms with E-state index in [1.807, 2.05) is 20.8 Å². The summed E-state index contributed by atoms with van der Waals surface area (Å²) < 4.78 is 21.9. The molecule has 46 heavy (non-hydrogen) atoms. The number of aliphatic imine (C=N–C) groups is 1. The minimum atomic E-state index is -1.69. The molecule has 3 N–H and O–H groups in total. The molecule has 1 saturated carbocycles. The standard InChI is InChI=1S/C33H34ClFN8O3/c1-32(2,3)17-33(23-8-6-20(14-25(23)35)26-15-37-10-11-38-26)30(45)43(31(36)41-33)27(16-46-28(44)12-19-4-5-19)21-7-9-24(34)22(13-21)29-39-18-40-42-29/h6-11,13-15,18-19,27H,4-5,12,16-17H2,1-3H3,(H2,36,41)(H,39,40,42)/t27-,33-/m1/s1. The number of hydrogen-bond acceptors (Lipinski definition) is 9. The number of aromatic amines is 1. The Labute approximate surface area is 270 Å². The molecule has 3 heterocycles. The molecule has 11 nitrogen and oxygen atoms in total. The molecule has 1 aliphatic carbocycles. The third kappa shape index (κ3) is 6.34. The van der Waals surface area contributed by atoms with Crippen LogP contribution in [0.15, 0.2) is 66.3 Å². The Morgan fingerprint density at radius 3 is 2.65 bits per heavy atom. The van der Waals surface area contributed by atoms with Gasteiger partial charge in [-0.25, -0.2) is 14.4 Å². The first-order valence-electron chi connectivity index (χ1n) is 15.0. The van der Waals surface area contributed by atoms with E-state index in [0.29, 0.717) is 45.6 Å². The molecule has 6 rings (SSSR count). The maximum Gasteiger partial charge on any atom is 0.306 e. The van der Waals surface area contributed by atoms with Crippen molar-refractivity contribution < 1.29 is 18.7 Å². The summed E-state index contributed by atoms with van der Waals surface area (Å²) in [6.45, 7) is 5.64. The highest BCUT2D eigenvalue weighted by atomic mass is 35.5. The lowest BCUT2D eigenvalue weighted by Gasteiger charge is -2.35. The molecule has 0 radical (unpaired) electrons. The zero-order chi connectivity index (χ0) is 32.6. The molecule has 2 aromatic heterocycles. The van der Waals surface area contributed by atoms with Crippen LogP contribution in [-0.2, 0) is 19.9 Å². The fraction of sp³-hybridized carbons (Fsp3) is 0.364. The molecule has 0 unspecified atom stereocenters. The van der Waals surface area contributed by atoms with Crippen molar-refractivity contribution in [3.63, 3.8) is 0 Å². The number of ether oxygens (including phenoxy) is 1. The zero-order valence-electron chi connectivity index (χ0n) is 25.7. The first-order chi connectivity index (χ1) is 21.9. The van der Waals surface area contributed by atoms with E-state index in [2.05, 4.69) is 25.1 Å². The van der Waals surface area contributed by atoms with Crippen molar-refractivity contribution in [1.29, 1.82) is 0 Å². The molecule has 0 spiro atoms. The molecular weight excluding hydrogens is 611 g/mol. The average molecular weight is 645 g/mol. The molecule has 1 fully saturated rings. The maximum atomic E-state index is 16.2. The van der Waals surface area contributed by atoms with Crippen LogP contribution in [0, 0.1) is 17.2 Å². The minimum absolute atomic E-state index is 0.0773. The molecular formula is C33H34ClFN8O3. The van der Waals surface area contributed by atoms with Gasteiger partial charge >= 0.3 is 5.97 Å². The number of carbonyl (C=O) groups excluding carboxylic acids is 2. The quantitative estimate of drug-likeness (QED) is 0.212. The monoisotopic (exact) mass is 644 g/mol. The van der Waals surface area contributed by atoms with Crippen molar-refractivity contribution in [3.05, 3.63) is 83.3 Å². The van der Waals surface area contributed by atoms with Gasteiger partial charge in [-0.3, -0.25) is 29.6 Å². The number of aromatic nitrogens is 5. The number of benzene rings is 2. The van der Waals surface area contributed by atoms with E-state index in [9.17, 15) is 9.59 Å². The van der Waals surface area contributed by atoms with Crippen molar-refractivity contribution in [1.82, 2.24) is 30.0 Å². The summed E-state index contributed by atoms with van der Waals surface area (Å²) in [5, 5.41) is 7.11. The lowest BCUT2D eigenvalue weighted by Crippen LogP contribution is -2.47. The number of carbonyl (C=O) groups is 2. The van der Waals surface area contributed by atoms with E-state index in [1.54, 1.807) is 30.3 Å². The van der Waals surface area contributed by atoms with Crippen LogP contribution in [0.1, 0.15) is 63.6 Å². The Balaban J connectivity index is 1.42. The number of rotatable bonds is 10. The normalized spacial score (nSPS) is 18.8. The lowest BCUT2D eigenvalue weighted by atomic mass is 9.75. The van der Waals surface area contributed by atoms with Gasteiger partial charge in [0.25, 0.3) is 5.91 Å². The van der Waals surface area contributed by atoms with Crippen LogP contribution in [0.4, 0.5) is 4.39 Å². The molecule has 13 heteroatoms. The zero-order valence-corrected chi connectivity index (χ0v) is 26.5. The molecule has 4 aromatic rings. The van der Waals surface area contributed by atoms with Gasteiger partial charge in [0.15, 0.2) is 17.3 Å². The molecule has 0 bridgehead atoms. The number of hydrogen-bond donors (Lipinski definition) is 2. The summed E-state index contributed by atoms with van der Waals surface area (Å²) in [7, 11) is 0. The molecule has 2 aliphatic rings. The number of guanidine groups is 1. The van der Waals surface area contributed by atoms with Gasteiger partial charge in [0.2, 0.25) is 0 Å². The van der Waals surface area contributed by atoms with Crippen molar-refractivity contribution in [3.8, 4) is 22.6 Å². The Morgan fingerprint density at radius 1 is 1.20 bits per heavy atom. The number of halogens is 2.